The number of aromatic nitrogens is 2. The van der Waals surface area contributed by atoms with Gasteiger partial charge < -0.3 is 4.57 Å². The zero-order valence-corrected chi connectivity index (χ0v) is 12.0. The first-order valence-corrected chi connectivity index (χ1v) is 7.28. The summed E-state index contributed by atoms with van der Waals surface area (Å²) in [7, 11) is 2.06. The third kappa shape index (κ3) is 1.97. The number of hydrogen-bond donors (Lipinski definition) is 0. The van der Waals surface area contributed by atoms with Crippen molar-refractivity contribution in [3.05, 3.63) is 65.0 Å². The molecular weight excluding hydrogens is 260 g/mol. The maximum atomic E-state index is 11.7. The summed E-state index contributed by atoms with van der Waals surface area (Å²) < 4.78 is 2.15. The molecule has 3 heteroatoms. The Morgan fingerprint density at radius 2 is 2.00 bits per heavy atom. The minimum atomic E-state index is 0.277. The van der Waals surface area contributed by atoms with E-state index in [4.69, 9.17) is 4.98 Å². The third-order valence-electron chi connectivity index (χ3n) is 4.33. The number of ketones is 1. The number of benzene rings is 2. The van der Waals surface area contributed by atoms with Gasteiger partial charge in [-0.2, -0.15) is 0 Å². The molecule has 0 atom stereocenters. The van der Waals surface area contributed by atoms with Gasteiger partial charge in [-0.15, -0.1) is 0 Å². The van der Waals surface area contributed by atoms with Crippen molar-refractivity contribution in [2.45, 2.75) is 19.3 Å². The molecule has 0 fully saturated rings. The molecule has 2 aromatic carbocycles. The highest BCUT2D eigenvalue weighted by Crippen LogP contribution is 2.24. The van der Waals surface area contributed by atoms with Gasteiger partial charge in [0.15, 0.2) is 5.78 Å². The summed E-state index contributed by atoms with van der Waals surface area (Å²) in [6.07, 6.45) is 2.34. The van der Waals surface area contributed by atoms with Crippen molar-refractivity contribution in [1.82, 2.24) is 9.55 Å². The Balaban J connectivity index is 1.72. The monoisotopic (exact) mass is 276 g/mol. The van der Waals surface area contributed by atoms with Gasteiger partial charge in [0, 0.05) is 25.5 Å². The van der Waals surface area contributed by atoms with Crippen molar-refractivity contribution in [3.63, 3.8) is 0 Å². The van der Waals surface area contributed by atoms with Crippen LogP contribution in [0.4, 0.5) is 0 Å². The van der Waals surface area contributed by atoms with E-state index in [1.54, 1.807) is 0 Å². The maximum Gasteiger partial charge on any atom is 0.163 e. The van der Waals surface area contributed by atoms with E-state index in [0.29, 0.717) is 6.42 Å². The molecular formula is C18H16N2O. The van der Waals surface area contributed by atoms with Crippen molar-refractivity contribution in [2.24, 2.45) is 7.05 Å². The highest BCUT2D eigenvalue weighted by Gasteiger charge is 2.19. The van der Waals surface area contributed by atoms with Gasteiger partial charge in [0.1, 0.15) is 5.82 Å². The van der Waals surface area contributed by atoms with Gasteiger partial charge in [0.2, 0.25) is 0 Å². The number of aryl methyl sites for hydroxylation is 2. The molecule has 0 spiro atoms. The Bertz CT molecular complexity index is 861. The van der Waals surface area contributed by atoms with Crippen LogP contribution < -0.4 is 0 Å². The predicted molar refractivity (Wildman–Crippen MR) is 82.6 cm³/mol. The van der Waals surface area contributed by atoms with Crippen LogP contribution >= 0.6 is 0 Å². The molecule has 4 rings (SSSR count). The van der Waals surface area contributed by atoms with Gasteiger partial charge in [0.05, 0.1) is 11.0 Å². The molecule has 0 bridgehead atoms. The number of fused-ring (bicyclic) bond motifs is 2. The molecule has 104 valence electrons. The number of carbonyl (C=O) groups is 1. The van der Waals surface area contributed by atoms with Crippen molar-refractivity contribution < 1.29 is 4.79 Å². The zero-order valence-electron chi connectivity index (χ0n) is 12.0. The molecule has 21 heavy (non-hydrogen) atoms. The average molecular weight is 276 g/mol. The number of Topliss-reactive ketones (excluding diaryl/α,β-unsaturated/α-hetero) is 1. The van der Waals surface area contributed by atoms with E-state index in [0.717, 1.165) is 35.3 Å². The maximum absolute atomic E-state index is 11.7. The predicted octanol–water partition coefficient (Wildman–Crippen LogP) is 3.29. The molecule has 1 aliphatic rings. The van der Waals surface area contributed by atoms with Crippen LogP contribution in [0.5, 0.6) is 0 Å². The second kappa shape index (κ2) is 4.55. The van der Waals surface area contributed by atoms with Crippen LogP contribution in [0.1, 0.15) is 33.7 Å². The summed E-state index contributed by atoms with van der Waals surface area (Å²) in [5.74, 6) is 1.33. The highest BCUT2D eigenvalue weighted by molar-refractivity contribution is 6.00. The first-order chi connectivity index (χ1) is 10.2. The van der Waals surface area contributed by atoms with Gasteiger partial charge >= 0.3 is 0 Å². The molecule has 1 aliphatic carbocycles. The number of hydrogen-bond acceptors (Lipinski definition) is 2. The molecule has 1 aromatic heterocycles. The minimum absolute atomic E-state index is 0.277. The smallest absolute Gasteiger partial charge is 0.163 e. The lowest BCUT2D eigenvalue weighted by Crippen LogP contribution is -2.00. The van der Waals surface area contributed by atoms with Crippen molar-refractivity contribution in [2.75, 3.05) is 0 Å². The SMILES string of the molecule is Cn1c(Cc2ccc3c(c2)CCC3=O)nc2ccccc21. The van der Waals surface area contributed by atoms with Crippen LogP contribution in [0.25, 0.3) is 11.0 Å². The van der Waals surface area contributed by atoms with Crippen LogP contribution in [0.3, 0.4) is 0 Å². The Morgan fingerprint density at radius 1 is 1.14 bits per heavy atom. The van der Waals surface area contributed by atoms with E-state index in [-0.39, 0.29) is 5.78 Å². The fourth-order valence-corrected chi connectivity index (χ4v) is 3.15. The molecule has 0 N–H and O–H groups in total. The minimum Gasteiger partial charge on any atom is -0.331 e. The van der Waals surface area contributed by atoms with E-state index >= 15 is 0 Å². The van der Waals surface area contributed by atoms with Crippen LogP contribution in [0.15, 0.2) is 42.5 Å². The number of carbonyl (C=O) groups excluding carboxylic acids is 1. The molecule has 3 aromatic rings. The number of para-hydroxylation sites is 2. The van der Waals surface area contributed by atoms with Gasteiger partial charge in [-0.25, -0.2) is 4.98 Å². The lowest BCUT2D eigenvalue weighted by molar-refractivity contribution is 0.0994. The van der Waals surface area contributed by atoms with Gasteiger partial charge in [-0.3, -0.25) is 4.79 Å². The molecule has 0 saturated heterocycles. The Kier molecular flexibility index (Phi) is 2.67. The fraction of sp³-hybridized carbons (Fsp3) is 0.222. The molecule has 0 saturated carbocycles. The van der Waals surface area contributed by atoms with Gasteiger partial charge in [-0.05, 0) is 29.7 Å². The van der Waals surface area contributed by atoms with Crippen molar-refractivity contribution in [1.29, 1.82) is 0 Å². The van der Waals surface area contributed by atoms with E-state index in [1.807, 2.05) is 24.3 Å². The first-order valence-electron chi connectivity index (χ1n) is 7.28. The normalized spacial score (nSPS) is 13.9. The molecule has 0 amide bonds. The molecule has 0 unspecified atom stereocenters. The second-order valence-corrected chi connectivity index (χ2v) is 5.67. The third-order valence-corrected chi connectivity index (χ3v) is 4.33. The van der Waals surface area contributed by atoms with Crippen molar-refractivity contribution >= 4 is 16.8 Å². The topological polar surface area (TPSA) is 34.9 Å². The standard InChI is InChI=1S/C18H16N2O/c1-20-16-5-3-2-4-15(16)19-18(20)11-12-6-8-14-13(10-12)7-9-17(14)21/h2-6,8,10H,7,9,11H2,1H3. The Morgan fingerprint density at radius 3 is 2.86 bits per heavy atom. The Hall–Kier alpha value is -2.42. The van der Waals surface area contributed by atoms with Crippen LogP contribution in [-0.4, -0.2) is 15.3 Å². The van der Waals surface area contributed by atoms with Crippen molar-refractivity contribution in [3.8, 4) is 0 Å². The van der Waals surface area contributed by atoms with Crippen LogP contribution in [-0.2, 0) is 19.9 Å². The molecule has 1 heterocycles. The summed E-state index contributed by atoms with van der Waals surface area (Å²) in [4.78, 5) is 16.4. The number of imidazole rings is 1. The summed E-state index contributed by atoms with van der Waals surface area (Å²) in [5, 5.41) is 0. The lowest BCUT2D eigenvalue weighted by atomic mass is 10.0. The van der Waals surface area contributed by atoms with Gasteiger partial charge in [0.25, 0.3) is 0 Å². The van der Waals surface area contributed by atoms with Crippen LogP contribution in [0, 0.1) is 0 Å². The highest BCUT2D eigenvalue weighted by atomic mass is 16.1. The fourth-order valence-electron chi connectivity index (χ4n) is 3.15. The van der Waals surface area contributed by atoms with E-state index in [9.17, 15) is 4.79 Å². The summed E-state index contributed by atoms with van der Waals surface area (Å²) in [6.45, 7) is 0. The van der Waals surface area contributed by atoms with Gasteiger partial charge in [-0.1, -0.05) is 30.3 Å². The first kappa shape index (κ1) is 12.3. The average Bonchev–Trinajstić information content (AvgIpc) is 3.01. The summed E-state index contributed by atoms with van der Waals surface area (Å²) in [6, 6.07) is 14.4. The number of rotatable bonds is 2. The lowest BCUT2D eigenvalue weighted by Gasteiger charge is -2.05. The van der Waals surface area contributed by atoms with E-state index < -0.39 is 0 Å². The Labute approximate surface area is 123 Å². The summed E-state index contributed by atoms with van der Waals surface area (Å²) in [5.41, 5.74) is 5.51. The quantitative estimate of drug-likeness (QED) is 0.720. The second-order valence-electron chi connectivity index (χ2n) is 5.67. The molecule has 0 aliphatic heterocycles. The number of nitrogens with zero attached hydrogens (tertiary/aromatic N) is 2. The van der Waals surface area contributed by atoms with Crippen LogP contribution in [0.2, 0.25) is 0 Å². The molecule has 0 radical (unpaired) electrons. The van der Waals surface area contributed by atoms with E-state index in [2.05, 4.69) is 29.8 Å². The molecule has 3 nitrogen and oxygen atoms in total. The zero-order chi connectivity index (χ0) is 14.4. The summed E-state index contributed by atoms with van der Waals surface area (Å²) >= 11 is 0. The largest absolute Gasteiger partial charge is 0.331 e. The van der Waals surface area contributed by atoms with E-state index in [1.165, 1.54) is 11.1 Å².